The molecule has 0 fully saturated rings. The van der Waals surface area contributed by atoms with Gasteiger partial charge in [0, 0.05) is 16.8 Å². The number of hydrogen-bond acceptors (Lipinski definition) is 6. The Morgan fingerprint density at radius 2 is 1.49 bits per heavy atom. The predicted molar refractivity (Wildman–Crippen MR) is 182 cm³/mol. The van der Waals surface area contributed by atoms with E-state index in [1.54, 1.807) is 26.0 Å². The third kappa shape index (κ3) is 5.23. The molecule has 234 valence electrons. The van der Waals surface area contributed by atoms with Crippen LogP contribution in [-0.2, 0) is 21.4 Å². The Morgan fingerprint density at radius 3 is 2.15 bits per heavy atom. The molecule has 8 nitrogen and oxygen atoms in total. The van der Waals surface area contributed by atoms with Crippen LogP contribution in [-0.4, -0.2) is 35.7 Å². The van der Waals surface area contributed by atoms with Crippen molar-refractivity contribution < 1.29 is 27.1 Å². The monoisotopic (exact) mass is 641 g/mol. The first-order valence-electron chi connectivity index (χ1n) is 15.1. The molecule has 0 saturated carbocycles. The van der Waals surface area contributed by atoms with Gasteiger partial charge in [-0.3, -0.25) is 0 Å². The molecule has 47 heavy (non-hydrogen) atoms. The molecule has 8 aromatic rings. The lowest BCUT2D eigenvalue weighted by molar-refractivity contribution is -0.636. The summed E-state index contributed by atoms with van der Waals surface area (Å²) in [6.45, 7) is 5.78. The van der Waals surface area contributed by atoms with Crippen LogP contribution in [0.15, 0.2) is 108 Å². The van der Waals surface area contributed by atoms with E-state index in [4.69, 9.17) is 9.84 Å². The van der Waals surface area contributed by atoms with Crippen molar-refractivity contribution in [3.63, 3.8) is 0 Å². The molecule has 0 aliphatic rings. The van der Waals surface area contributed by atoms with Crippen LogP contribution < -0.4 is 4.57 Å². The summed E-state index contributed by atoms with van der Waals surface area (Å²) in [5.74, 6) is -0.326. The van der Waals surface area contributed by atoms with Crippen LogP contribution in [0.4, 0.5) is 0 Å². The lowest BCUT2D eigenvalue weighted by atomic mass is 10.1. The average Bonchev–Trinajstić information content (AvgIpc) is 3.52. The Kier molecular flexibility index (Phi) is 7.38. The fourth-order valence-corrected chi connectivity index (χ4v) is 7.68. The van der Waals surface area contributed by atoms with E-state index in [0.717, 1.165) is 38.7 Å². The third-order valence-electron chi connectivity index (χ3n) is 8.64. The lowest BCUT2D eigenvalue weighted by Gasteiger charge is -2.14. The highest BCUT2D eigenvalue weighted by atomic mass is 32.2. The number of imidazole rings is 1. The van der Waals surface area contributed by atoms with E-state index in [-0.39, 0.29) is 10.9 Å². The number of hydrogen-bond donors (Lipinski definition) is 0. The average molecular weight is 642 g/mol. The minimum atomic E-state index is -4.33. The van der Waals surface area contributed by atoms with Crippen molar-refractivity contribution in [3.8, 4) is 0 Å². The normalized spacial score (nSPS) is 11.9. The Hall–Kier alpha value is -5.38. The van der Waals surface area contributed by atoms with E-state index >= 15 is 0 Å². The zero-order chi connectivity index (χ0) is 33.0. The molecule has 2 aromatic heterocycles. The van der Waals surface area contributed by atoms with Crippen molar-refractivity contribution in [2.24, 2.45) is 0 Å². The van der Waals surface area contributed by atoms with E-state index in [0.29, 0.717) is 23.2 Å². The summed E-state index contributed by atoms with van der Waals surface area (Å²) in [4.78, 5) is 11.7. The number of aryl methyl sites for hydroxylation is 3. The first-order valence-corrected chi connectivity index (χ1v) is 16.5. The minimum Gasteiger partial charge on any atom is -0.744 e. The topological polar surface area (TPSA) is 105 Å². The van der Waals surface area contributed by atoms with Crippen molar-refractivity contribution in [1.82, 2.24) is 9.61 Å². The Labute approximate surface area is 271 Å². The van der Waals surface area contributed by atoms with Crippen molar-refractivity contribution in [2.45, 2.75) is 32.2 Å². The predicted octanol–water partition coefficient (Wildman–Crippen LogP) is 7.02. The zero-order valence-electron chi connectivity index (χ0n) is 26.3. The summed E-state index contributed by atoms with van der Waals surface area (Å²) in [5.41, 5.74) is 7.88. The van der Waals surface area contributed by atoms with Gasteiger partial charge >= 0.3 is 11.6 Å². The molecule has 0 bridgehead atoms. The Balaban J connectivity index is 0.000000229. The second kappa shape index (κ2) is 11.5. The molecule has 0 N–H and O–H groups in total. The molecule has 0 aliphatic heterocycles. The number of benzene rings is 5. The summed E-state index contributed by atoms with van der Waals surface area (Å²) in [6, 6.07) is 34.5. The number of rotatable bonds is 4. The number of esters is 1. The Bertz CT molecular complexity index is 2580. The van der Waals surface area contributed by atoms with Gasteiger partial charge < -0.3 is 9.29 Å². The van der Waals surface area contributed by atoms with E-state index in [2.05, 4.69) is 75.8 Å². The molecule has 2 heterocycles. The molecular weight excluding hydrogens is 611 g/mol. The molecule has 8 rings (SSSR count). The van der Waals surface area contributed by atoms with Crippen molar-refractivity contribution in [2.75, 3.05) is 7.11 Å². The van der Waals surface area contributed by atoms with Gasteiger partial charge in [0.2, 0.25) is 5.52 Å². The highest BCUT2D eigenvalue weighted by molar-refractivity contribution is 7.85. The Morgan fingerprint density at radius 1 is 0.830 bits per heavy atom. The van der Waals surface area contributed by atoms with Gasteiger partial charge in [0.05, 0.1) is 17.6 Å². The fraction of sp³-hybridized carbons (Fsp3) is 0.132. The van der Waals surface area contributed by atoms with Crippen LogP contribution in [0, 0.1) is 20.8 Å². The number of para-hydroxylation sites is 2. The minimum absolute atomic E-state index is 0.0851. The van der Waals surface area contributed by atoms with Crippen molar-refractivity contribution in [1.29, 1.82) is 0 Å². The highest BCUT2D eigenvalue weighted by Gasteiger charge is 2.24. The van der Waals surface area contributed by atoms with Gasteiger partial charge in [0.15, 0.2) is 5.52 Å². The van der Waals surface area contributed by atoms with E-state index in [1.807, 2.05) is 31.2 Å². The number of methoxy groups -OCH3 is 1. The molecule has 0 saturated heterocycles. The second-order valence-electron chi connectivity index (χ2n) is 11.8. The molecule has 0 radical (unpaired) electrons. The van der Waals surface area contributed by atoms with E-state index in [9.17, 15) is 17.8 Å². The molecule has 0 aliphatic carbocycles. The first-order chi connectivity index (χ1) is 22.5. The molecule has 0 amide bonds. The molecule has 6 aromatic carbocycles. The van der Waals surface area contributed by atoms with E-state index < -0.39 is 10.1 Å². The van der Waals surface area contributed by atoms with Gasteiger partial charge in [0.25, 0.3) is 0 Å². The third-order valence-corrected chi connectivity index (χ3v) is 9.79. The van der Waals surface area contributed by atoms with Gasteiger partial charge in [-0.15, -0.1) is 0 Å². The van der Waals surface area contributed by atoms with Crippen LogP contribution in [0.1, 0.15) is 32.6 Å². The first kappa shape index (κ1) is 30.3. The van der Waals surface area contributed by atoms with Crippen LogP contribution >= 0.6 is 0 Å². The lowest BCUT2D eigenvalue weighted by Crippen LogP contribution is -2.34. The van der Waals surface area contributed by atoms with Crippen LogP contribution in [0.25, 0.3) is 49.1 Å². The largest absolute Gasteiger partial charge is 0.744 e. The molecular formula is C38H31N3O5S. The number of carbonyl (C=O) groups is 1. The highest BCUT2D eigenvalue weighted by Crippen LogP contribution is 2.37. The maximum Gasteiger partial charge on any atom is 0.337 e. The second-order valence-corrected chi connectivity index (χ2v) is 13.1. The van der Waals surface area contributed by atoms with Crippen LogP contribution in [0.2, 0.25) is 0 Å². The summed E-state index contributed by atoms with van der Waals surface area (Å²) in [7, 11) is -2.93. The molecule has 0 unspecified atom stereocenters. The van der Waals surface area contributed by atoms with Gasteiger partial charge in [-0.1, -0.05) is 88.0 Å². The number of carbonyl (C=O) groups excluding carboxylic acids is 1. The van der Waals surface area contributed by atoms with Gasteiger partial charge in [-0.25, -0.2) is 17.8 Å². The standard InChI is InChI=1S/C29H20N3O2.C9H12O3S/c1-34-29(33)20-14-12-18(13-15-20)17-31-24-10-2-3-11-25(24)32-26(31)16-23-21-8-4-6-19-7-5-9-22(27(19)21)28(23)30-32;1-6-4-7(2)9(8(3)5-6)13(10,11)12/h2-16H,17H2,1H3;4-5H,1-3H3,(H,10,11,12)/q+1;/p-1. The van der Waals surface area contributed by atoms with Gasteiger partial charge in [-0.2, -0.15) is 0 Å². The quantitative estimate of drug-likeness (QED) is 0.116. The fourth-order valence-electron chi connectivity index (χ4n) is 6.77. The van der Waals surface area contributed by atoms with Crippen LogP contribution in [0.5, 0.6) is 0 Å². The van der Waals surface area contributed by atoms with Crippen molar-refractivity contribution >= 4 is 65.2 Å². The van der Waals surface area contributed by atoms with Crippen molar-refractivity contribution in [3.05, 3.63) is 131 Å². The number of nitrogens with zero attached hydrogens (tertiary/aromatic N) is 3. The number of ether oxygens (including phenoxy) is 1. The summed E-state index contributed by atoms with van der Waals surface area (Å²) in [5, 5.41) is 11.3. The van der Waals surface area contributed by atoms with Gasteiger partial charge in [-0.05, 0) is 77.9 Å². The summed E-state index contributed by atoms with van der Waals surface area (Å²) in [6.07, 6.45) is 0. The van der Waals surface area contributed by atoms with Crippen LogP contribution in [0.3, 0.4) is 0 Å². The zero-order valence-corrected chi connectivity index (χ0v) is 27.1. The summed E-state index contributed by atoms with van der Waals surface area (Å²) < 4.78 is 41.7. The number of fused-ring (bicyclic) bond motifs is 6. The SMILES string of the molecule is COC(=O)c1ccc(C[n+]2c3ccccc3n3nc4c(cc32)c2cccc3cccc4c32)cc1.Cc1cc(C)c(S(=O)(=O)[O-])c(C)c1. The summed E-state index contributed by atoms with van der Waals surface area (Å²) >= 11 is 0. The maximum absolute atomic E-state index is 11.8. The molecule has 0 spiro atoms. The smallest absolute Gasteiger partial charge is 0.337 e. The maximum atomic E-state index is 11.8. The van der Waals surface area contributed by atoms with Gasteiger partial charge in [0.1, 0.15) is 22.2 Å². The van der Waals surface area contributed by atoms with E-state index in [1.165, 1.54) is 28.7 Å². The molecule has 0 atom stereocenters. The molecule has 9 heteroatoms. The number of aromatic nitrogens is 3.